The number of hydrogen-bond acceptors (Lipinski definition) is 1. The predicted molar refractivity (Wildman–Crippen MR) is 107 cm³/mol. The monoisotopic (exact) mass is 320 g/mol. The van der Waals surface area contributed by atoms with E-state index in [4.69, 9.17) is 4.74 Å². The lowest BCUT2D eigenvalue weighted by molar-refractivity contribution is 0.150. The van der Waals surface area contributed by atoms with Gasteiger partial charge in [-0.1, -0.05) is 88.8 Å². The van der Waals surface area contributed by atoms with Crippen LogP contribution in [0.5, 0.6) is 0 Å². The van der Waals surface area contributed by atoms with Gasteiger partial charge in [0.15, 0.2) is 0 Å². The molecule has 1 nitrogen and oxygen atoms in total. The van der Waals surface area contributed by atoms with Crippen LogP contribution < -0.4 is 0 Å². The first-order valence-corrected chi connectivity index (χ1v) is 8.29. The van der Waals surface area contributed by atoms with E-state index in [2.05, 4.69) is 52.3 Å². The molecule has 1 heteroatoms. The molecule has 1 aliphatic rings. The zero-order valence-corrected chi connectivity index (χ0v) is 14.9. The van der Waals surface area contributed by atoms with Crippen molar-refractivity contribution in [1.82, 2.24) is 0 Å². The van der Waals surface area contributed by atoms with E-state index in [9.17, 15) is 0 Å². The highest BCUT2D eigenvalue weighted by atomic mass is 16.5. The second-order valence-corrected chi connectivity index (χ2v) is 5.48. The summed E-state index contributed by atoms with van der Waals surface area (Å²) in [5.74, 6) is 1.03. The molecule has 1 aliphatic heterocycles. The van der Waals surface area contributed by atoms with Gasteiger partial charge >= 0.3 is 0 Å². The average Bonchev–Trinajstić information content (AvgIpc) is 2.60. The van der Waals surface area contributed by atoms with Gasteiger partial charge in [0, 0.05) is 11.5 Å². The standard InChI is InChI=1S/C23H28O/c1-7-12-13-16-19(10-4)18(6)22-17-20(11-5)24-23(15-9-3)21(22)14-8-2/h7-10,12-18,20H,1-4,11H2,5-6H3/b13-12-,19-16+,21-14-,23-15+. The smallest absolute Gasteiger partial charge is 0.127 e. The molecule has 2 unspecified atom stereocenters. The van der Waals surface area contributed by atoms with Gasteiger partial charge in [0.2, 0.25) is 0 Å². The van der Waals surface area contributed by atoms with Crippen LogP contribution >= 0.6 is 0 Å². The van der Waals surface area contributed by atoms with Crippen LogP contribution in [0.15, 0.2) is 110 Å². The molecule has 0 saturated heterocycles. The van der Waals surface area contributed by atoms with Crippen molar-refractivity contribution in [1.29, 1.82) is 0 Å². The Bertz CT molecular complexity index is 635. The van der Waals surface area contributed by atoms with Crippen LogP contribution in [0.25, 0.3) is 0 Å². The summed E-state index contributed by atoms with van der Waals surface area (Å²) in [5, 5.41) is 0. The zero-order valence-electron chi connectivity index (χ0n) is 14.9. The molecule has 0 bridgehead atoms. The predicted octanol–water partition coefficient (Wildman–Crippen LogP) is 6.39. The molecule has 0 spiro atoms. The summed E-state index contributed by atoms with van der Waals surface area (Å²) in [6.07, 6.45) is 20.2. The Balaban J connectivity index is 3.39. The molecule has 2 atom stereocenters. The first-order valence-electron chi connectivity index (χ1n) is 8.29. The fourth-order valence-corrected chi connectivity index (χ4v) is 2.62. The molecular formula is C23H28O. The summed E-state index contributed by atoms with van der Waals surface area (Å²) in [4.78, 5) is 0. The molecule has 0 aliphatic carbocycles. The van der Waals surface area contributed by atoms with E-state index in [-0.39, 0.29) is 12.0 Å². The molecule has 0 saturated carbocycles. The number of allylic oxidation sites excluding steroid dienone is 11. The van der Waals surface area contributed by atoms with Crippen molar-refractivity contribution in [2.45, 2.75) is 26.4 Å². The van der Waals surface area contributed by atoms with Crippen molar-refractivity contribution >= 4 is 0 Å². The fourth-order valence-electron chi connectivity index (χ4n) is 2.62. The molecule has 0 fully saturated rings. The molecule has 126 valence electrons. The average molecular weight is 320 g/mol. The Morgan fingerprint density at radius 1 is 1.12 bits per heavy atom. The zero-order chi connectivity index (χ0) is 17.9. The summed E-state index contributed by atoms with van der Waals surface area (Å²) < 4.78 is 6.06. The highest BCUT2D eigenvalue weighted by molar-refractivity contribution is 5.53. The van der Waals surface area contributed by atoms with Gasteiger partial charge in [-0.2, -0.15) is 0 Å². The van der Waals surface area contributed by atoms with E-state index in [1.54, 1.807) is 18.2 Å². The SMILES string of the molecule is C=C/C=C\C=C(/C=C)C(C)C1=CC(CC)OC(=C/C=C)/C1=C\C=C. The Morgan fingerprint density at radius 3 is 2.38 bits per heavy atom. The van der Waals surface area contributed by atoms with E-state index in [0.29, 0.717) is 0 Å². The molecule has 0 radical (unpaired) electrons. The third kappa shape index (κ3) is 4.99. The van der Waals surface area contributed by atoms with Gasteiger partial charge in [-0.3, -0.25) is 0 Å². The quantitative estimate of drug-likeness (QED) is 0.470. The highest BCUT2D eigenvalue weighted by Gasteiger charge is 2.26. The molecule has 0 aromatic rings. The lowest BCUT2D eigenvalue weighted by atomic mass is 9.83. The minimum absolute atomic E-state index is 0.0606. The van der Waals surface area contributed by atoms with Gasteiger partial charge in [-0.15, -0.1) is 0 Å². The van der Waals surface area contributed by atoms with Crippen LogP contribution in [0.3, 0.4) is 0 Å². The van der Waals surface area contributed by atoms with Gasteiger partial charge < -0.3 is 4.74 Å². The van der Waals surface area contributed by atoms with E-state index in [1.807, 2.05) is 30.4 Å². The van der Waals surface area contributed by atoms with Crippen molar-refractivity contribution in [3.8, 4) is 0 Å². The Labute approximate surface area is 147 Å². The topological polar surface area (TPSA) is 9.23 Å². The molecule has 0 aromatic heterocycles. The van der Waals surface area contributed by atoms with E-state index in [1.165, 1.54) is 5.57 Å². The maximum Gasteiger partial charge on any atom is 0.127 e. The van der Waals surface area contributed by atoms with Crippen LogP contribution in [0.4, 0.5) is 0 Å². The van der Waals surface area contributed by atoms with Crippen LogP contribution in [0.1, 0.15) is 20.3 Å². The van der Waals surface area contributed by atoms with Gasteiger partial charge in [0.25, 0.3) is 0 Å². The van der Waals surface area contributed by atoms with Crippen LogP contribution in [-0.4, -0.2) is 6.10 Å². The first kappa shape index (κ1) is 19.5. The highest BCUT2D eigenvalue weighted by Crippen LogP contribution is 2.37. The van der Waals surface area contributed by atoms with Crippen molar-refractivity contribution in [2.24, 2.45) is 5.92 Å². The summed E-state index contributed by atoms with van der Waals surface area (Å²) in [7, 11) is 0. The molecule has 1 rings (SSSR count). The van der Waals surface area contributed by atoms with E-state index >= 15 is 0 Å². The fraction of sp³-hybridized carbons (Fsp3) is 0.217. The molecule has 1 heterocycles. The summed E-state index contributed by atoms with van der Waals surface area (Å²) in [6.45, 7) is 19.6. The minimum atomic E-state index is 0.0606. The minimum Gasteiger partial charge on any atom is -0.486 e. The van der Waals surface area contributed by atoms with Crippen molar-refractivity contribution in [3.05, 3.63) is 110 Å². The third-order valence-corrected chi connectivity index (χ3v) is 3.91. The van der Waals surface area contributed by atoms with Crippen LogP contribution in [-0.2, 0) is 4.74 Å². The third-order valence-electron chi connectivity index (χ3n) is 3.91. The molecule has 0 aromatic carbocycles. The van der Waals surface area contributed by atoms with Crippen molar-refractivity contribution in [3.63, 3.8) is 0 Å². The number of ether oxygens (including phenoxy) is 1. The van der Waals surface area contributed by atoms with Gasteiger partial charge in [0.05, 0.1) is 0 Å². The molecule has 0 N–H and O–H groups in total. The summed E-state index contributed by atoms with van der Waals surface area (Å²) in [5.41, 5.74) is 3.41. The summed E-state index contributed by atoms with van der Waals surface area (Å²) >= 11 is 0. The van der Waals surface area contributed by atoms with Crippen molar-refractivity contribution in [2.75, 3.05) is 0 Å². The van der Waals surface area contributed by atoms with E-state index < -0.39 is 0 Å². The lowest BCUT2D eigenvalue weighted by Gasteiger charge is -2.30. The van der Waals surface area contributed by atoms with Gasteiger partial charge in [0.1, 0.15) is 11.9 Å². The first-order chi connectivity index (χ1) is 11.6. The second-order valence-electron chi connectivity index (χ2n) is 5.48. The maximum absolute atomic E-state index is 6.06. The van der Waals surface area contributed by atoms with Gasteiger partial charge in [-0.25, -0.2) is 0 Å². The molecular weight excluding hydrogens is 292 g/mol. The van der Waals surface area contributed by atoms with Crippen LogP contribution in [0.2, 0.25) is 0 Å². The van der Waals surface area contributed by atoms with Crippen molar-refractivity contribution < 1.29 is 4.74 Å². The number of rotatable bonds is 8. The van der Waals surface area contributed by atoms with Crippen LogP contribution in [0, 0.1) is 5.92 Å². The summed E-state index contributed by atoms with van der Waals surface area (Å²) in [6, 6.07) is 0. The van der Waals surface area contributed by atoms with E-state index in [0.717, 1.165) is 23.3 Å². The molecule has 24 heavy (non-hydrogen) atoms. The van der Waals surface area contributed by atoms with Gasteiger partial charge in [-0.05, 0) is 29.7 Å². The normalized spacial score (nSPS) is 22.8. The Kier molecular flexibility index (Phi) is 8.35. The number of hydrogen-bond donors (Lipinski definition) is 0. The lowest BCUT2D eigenvalue weighted by Crippen LogP contribution is -2.20. The largest absolute Gasteiger partial charge is 0.486 e. The Morgan fingerprint density at radius 2 is 1.83 bits per heavy atom. The molecule has 0 amide bonds. The second kappa shape index (κ2) is 10.3. The maximum atomic E-state index is 6.06. The Hall–Kier alpha value is -2.54.